The van der Waals surface area contributed by atoms with Crippen LogP contribution in [0.25, 0.3) is 0 Å². The lowest BCUT2D eigenvalue weighted by Gasteiger charge is -2.22. The van der Waals surface area contributed by atoms with E-state index in [1.165, 1.54) is 18.2 Å². The molecule has 20 heavy (non-hydrogen) atoms. The van der Waals surface area contributed by atoms with Crippen LogP contribution in [0.3, 0.4) is 0 Å². The average Bonchev–Trinajstić information content (AvgIpc) is 2.44. The number of aromatic hydroxyl groups is 1. The van der Waals surface area contributed by atoms with Gasteiger partial charge in [-0.25, -0.2) is 0 Å². The summed E-state index contributed by atoms with van der Waals surface area (Å²) in [4.78, 5) is 14.0. The van der Waals surface area contributed by atoms with Crippen molar-refractivity contribution in [3.63, 3.8) is 0 Å². The van der Waals surface area contributed by atoms with Crippen LogP contribution in [-0.4, -0.2) is 40.7 Å². The highest BCUT2D eigenvalue weighted by molar-refractivity contribution is 5.99. The molecule has 0 saturated carbocycles. The van der Waals surface area contributed by atoms with Gasteiger partial charge in [-0.1, -0.05) is 26.2 Å². The fourth-order valence-electron chi connectivity index (χ4n) is 2.06. The first kappa shape index (κ1) is 16.3. The molecule has 5 nitrogen and oxygen atoms in total. The molecular weight excluding hydrogens is 256 g/mol. The molecule has 0 fully saturated rings. The van der Waals surface area contributed by atoms with Crippen LogP contribution in [0.5, 0.6) is 5.75 Å². The number of benzene rings is 1. The number of hydrogen-bond donors (Lipinski definition) is 3. The van der Waals surface area contributed by atoms with E-state index in [-0.39, 0.29) is 30.4 Å². The van der Waals surface area contributed by atoms with E-state index in [1.807, 2.05) is 0 Å². The van der Waals surface area contributed by atoms with Crippen molar-refractivity contribution in [2.24, 2.45) is 0 Å². The number of anilines is 1. The number of carbonyl (C=O) groups is 1. The molecule has 5 heteroatoms. The van der Waals surface area contributed by atoms with E-state index in [0.29, 0.717) is 12.2 Å². The predicted octanol–water partition coefficient (Wildman–Crippen LogP) is 1.99. The van der Waals surface area contributed by atoms with Crippen molar-refractivity contribution in [2.75, 3.05) is 25.4 Å². The summed E-state index contributed by atoms with van der Waals surface area (Å²) in [6.45, 7) is 2.91. The Bertz CT molecular complexity index is 435. The van der Waals surface area contributed by atoms with E-state index in [4.69, 9.17) is 10.8 Å². The van der Waals surface area contributed by atoms with E-state index >= 15 is 0 Å². The number of aliphatic hydroxyl groups is 1. The molecule has 1 rings (SSSR count). The van der Waals surface area contributed by atoms with E-state index in [2.05, 4.69) is 6.92 Å². The second kappa shape index (κ2) is 8.43. The number of carbonyl (C=O) groups excluding carboxylic acids is 1. The lowest BCUT2D eigenvalue weighted by molar-refractivity contribution is 0.0719. The van der Waals surface area contributed by atoms with Crippen LogP contribution < -0.4 is 5.73 Å². The largest absolute Gasteiger partial charge is 0.508 e. The summed E-state index contributed by atoms with van der Waals surface area (Å²) in [6.07, 6.45) is 4.22. The van der Waals surface area contributed by atoms with Crippen LogP contribution in [0.2, 0.25) is 0 Å². The Labute approximate surface area is 120 Å². The van der Waals surface area contributed by atoms with Crippen molar-refractivity contribution < 1.29 is 15.0 Å². The van der Waals surface area contributed by atoms with E-state index in [1.54, 1.807) is 4.90 Å². The Morgan fingerprint density at radius 3 is 2.65 bits per heavy atom. The van der Waals surface area contributed by atoms with Gasteiger partial charge in [-0.3, -0.25) is 4.79 Å². The van der Waals surface area contributed by atoms with Gasteiger partial charge < -0.3 is 20.8 Å². The molecule has 0 atom stereocenters. The first-order chi connectivity index (χ1) is 9.60. The molecule has 1 aromatic rings. The monoisotopic (exact) mass is 280 g/mol. The smallest absolute Gasteiger partial charge is 0.256 e. The maximum atomic E-state index is 12.4. The highest BCUT2D eigenvalue weighted by Crippen LogP contribution is 2.20. The molecule has 0 saturated heterocycles. The highest BCUT2D eigenvalue weighted by Gasteiger charge is 2.17. The third kappa shape index (κ3) is 4.74. The van der Waals surface area contributed by atoms with E-state index < -0.39 is 0 Å². The molecule has 0 spiro atoms. The quantitative estimate of drug-likeness (QED) is 0.386. The van der Waals surface area contributed by atoms with Crippen molar-refractivity contribution >= 4 is 11.6 Å². The van der Waals surface area contributed by atoms with Gasteiger partial charge in [0.05, 0.1) is 12.2 Å². The summed E-state index contributed by atoms with van der Waals surface area (Å²) in [6, 6.07) is 4.33. The minimum atomic E-state index is -0.246. The van der Waals surface area contributed by atoms with Crippen LogP contribution in [-0.2, 0) is 0 Å². The number of phenols is 1. The topological polar surface area (TPSA) is 86.8 Å². The number of hydrogen-bond acceptors (Lipinski definition) is 4. The van der Waals surface area contributed by atoms with E-state index in [9.17, 15) is 9.90 Å². The van der Waals surface area contributed by atoms with Gasteiger partial charge in [-0.15, -0.1) is 0 Å². The summed E-state index contributed by atoms with van der Waals surface area (Å²) in [5.41, 5.74) is 6.40. The lowest BCUT2D eigenvalue weighted by Crippen LogP contribution is -2.34. The Morgan fingerprint density at radius 2 is 2.00 bits per heavy atom. The summed E-state index contributed by atoms with van der Waals surface area (Å²) in [5.74, 6) is -0.235. The van der Waals surface area contributed by atoms with Gasteiger partial charge in [0.15, 0.2) is 0 Å². The van der Waals surface area contributed by atoms with Crippen LogP contribution in [0.1, 0.15) is 43.0 Å². The molecule has 0 aliphatic heterocycles. The molecule has 0 aromatic heterocycles. The Balaban J connectivity index is 2.74. The third-order valence-corrected chi connectivity index (χ3v) is 3.21. The number of aliphatic hydroxyl groups excluding tert-OH is 1. The molecule has 0 bridgehead atoms. The van der Waals surface area contributed by atoms with Crippen LogP contribution >= 0.6 is 0 Å². The van der Waals surface area contributed by atoms with Gasteiger partial charge in [0.25, 0.3) is 5.91 Å². The first-order valence-electron chi connectivity index (χ1n) is 7.08. The molecule has 1 aromatic carbocycles. The minimum absolute atomic E-state index is 0.0116. The standard InChI is InChI=1S/C15H24N2O3/c1-2-3-4-5-8-17(9-10-18)15(20)13-11-12(19)6-7-14(13)16/h6-7,11,18-19H,2-5,8-10,16H2,1H3. The van der Waals surface area contributed by atoms with Crippen LogP contribution in [0.15, 0.2) is 18.2 Å². The van der Waals surface area contributed by atoms with Crippen molar-refractivity contribution in [3.05, 3.63) is 23.8 Å². The highest BCUT2D eigenvalue weighted by atomic mass is 16.3. The summed E-state index contributed by atoms with van der Waals surface area (Å²) in [5, 5.41) is 18.6. The SMILES string of the molecule is CCCCCCN(CCO)C(=O)c1cc(O)ccc1N. The molecule has 0 aliphatic carbocycles. The third-order valence-electron chi connectivity index (χ3n) is 3.21. The van der Waals surface area contributed by atoms with Crippen molar-refractivity contribution in [1.82, 2.24) is 4.90 Å². The normalized spacial score (nSPS) is 10.5. The van der Waals surface area contributed by atoms with Gasteiger partial charge >= 0.3 is 0 Å². The van der Waals surface area contributed by atoms with Crippen LogP contribution in [0, 0.1) is 0 Å². The summed E-state index contributed by atoms with van der Waals surface area (Å²) < 4.78 is 0. The van der Waals surface area contributed by atoms with Gasteiger partial charge in [-0.2, -0.15) is 0 Å². The zero-order valence-electron chi connectivity index (χ0n) is 12.0. The predicted molar refractivity (Wildman–Crippen MR) is 79.7 cm³/mol. The van der Waals surface area contributed by atoms with Crippen LogP contribution in [0.4, 0.5) is 5.69 Å². The number of unbranched alkanes of at least 4 members (excludes halogenated alkanes) is 3. The van der Waals surface area contributed by atoms with Gasteiger partial charge in [0.2, 0.25) is 0 Å². The molecule has 0 aliphatic rings. The second-order valence-corrected chi connectivity index (χ2v) is 4.85. The second-order valence-electron chi connectivity index (χ2n) is 4.85. The van der Waals surface area contributed by atoms with E-state index in [0.717, 1.165) is 25.7 Å². The van der Waals surface area contributed by atoms with Gasteiger partial charge in [0, 0.05) is 18.8 Å². The number of rotatable bonds is 8. The first-order valence-corrected chi connectivity index (χ1v) is 7.08. The van der Waals surface area contributed by atoms with Crippen molar-refractivity contribution in [3.8, 4) is 5.75 Å². The average molecular weight is 280 g/mol. The molecule has 0 radical (unpaired) electrons. The molecule has 4 N–H and O–H groups in total. The molecule has 0 heterocycles. The van der Waals surface area contributed by atoms with Gasteiger partial charge in [0.1, 0.15) is 5.75 Å². The van der Waals surface area contributed by atoms with Crippen molar-refractivity contribution in [1.29, 1.82) is 0 Å². The summed E-state index contributed by atoms with van der Waals surface area (Å²) >= 11 is 0. The number of amides is 1. The Morgan fingerprint density at radius 1 is 1.25 bits per heavy atom. The zero-order chi connectivity index (χ0) is 15.0. The lowest BCUT2D eigenvalue weighted by atomic mass is 10.1. The number of phenolic OH excluding ortho intramolecular Hbond substituents is 1. The zero-order valence-corrected chi connectivity index (χ0v) is 12.0. The number of nitrogen functional groups attached to an aromatic ring is 1. The molecule has 0 unspecified atom stereocenters. The number of nitrogens with two attached hydrogens (primary N) is 1. The summed E-state index contributed by atoms with van der Waals surface area (Å²) in [7, 11) is 0. The maximum Gasteiger partial charge on any atom is 0.256 e. The molecule has 112 valence electrons. The minimum Gasteiger partial charge on any atom is -0.508 e. The fraction of sp³-hybridized carbons (Fsp3) is 0.533. The maximum absolute atomic E-state index is 12.4. The Hall–Kier alpha value is -1.75. The Kier molecular flexibility index (Phi) is 6.87. The molecular formula is C15H24N2O3. The molecule has 1 amide bonds. The number of nitrogens with zero attached hydrogens (tertiary/aromatic N) is 1. The van der Waals surface area contributed by atoms with Gasteiger partial charge in [-0.05, 0) is 24.6 Å². The fourth-order valence-corrected chi connectivity index (χ4v) is 2.06. The van der Waals surface area contributed by atoms with Crippen molar-refractivity contribution in [2.45, 2.75) is 32.6 Å².